The Bertz CT molecular complexity index is 643. The van der Waals surface area contributed by atoms with E-state index >= 15 is 0 Å². The van der Waals surface area contributed by atoms with E-state index < -0.39 is 0 Å². The zero-order valence-corrected chi connectivity index (χ0v) is 17.1. The van der Waals surface area contributed by atoms with Gasteiger partial charge in [0.2, 0.25) is 0 Å². The van der Waals surface area contributed by atoms with Crippen LogP contribution in [0.1, 0.15) is 56.5 Å². The van der Waals surface area contributed by atoms with Crippen molar-refractivity contribution < 1.29 is 9.90 Å². The maximum Gasteiger partial charge on any atom is 0.317 e. The van der Waals surface area contributed by atoms with E-state index in [4.69, 9.17) is 0 Å². The Hall–Kier alpha value is -1.60. The molecule has 3 heterocycles. The number of piperidine rings is 1. The van der Waals surface area contributed by atoms with Gasteiger partial charge in [-0.3, -0.25) is 4.68 Å². The van der Waals surface area contributed by atoms with Gasteiger partial charge in [0.25, 0.3) is 0 Å². The summed E-state index contributed by atoms with van der Waals surface area (Å²) in [5, 5.41) is 17.0. The molecule has 7 nitrogen and oxygen atoms in total. The van der Waals surface area contributed by atoms with Crippen LogP contribution in [0.3, 0.4) is 0 Å². The molecule has 2 amide bonds. The number of likely N-dealkylation sites (tertiary alicyclic amines) is 1. The lowest BCUT2D eigenvalue weighted by Gasteiger charge is -2.37. The molecule has 2 aliphatic heterocycles. The lowest BCUT2D eigenvalue weighted by Crippen LogP contribution is -2.46. The van der Waals surface area contributed by atoms with Gasteiger partial charge in [-0.2, -0.15) is 5.10 Å². The molecule has 1 saturated heterocycles. The van der Waals surface area contributed by atoms with Crippen LogP contribution in [0.25, 0.3) is 0 Å². The minimum atomic E-state index is -0.0774. The first-order valence-electron chi connectivity index (χ1n) is 10.4. The largest absolute Gasteiger partial charge is 0.390 e. The van der Waals surface area contributed by atoms with E-state index in [1.54, 1.807) is 0 Å². The molecule has 0 radical (unpaired) electrons. The Morgan fingerprint density at radius 2 is 2.15 bits per heavy atom. The molecule has 0 aromatic carbocycles. The highest BCUT2D eigenvalue weighted by molar-refractivity contribution is 5.74. The van der Waals surface area contributed by atoms with Crippen molar-refractivity contribution in [2.45, 2.75) is 65.1 Å². The van der Waals surface area contributed by atoms with Crippen molar-refractivity contribution in [1.29, 1.82) is 0 Å². The number of carbonyl (C=O) groups excluding carboxylic acids is 1. The maximum atomic E-state index is 12.6. The molecule has 1 atom stereocenters. The minimum absolute atomic E-state index is 0.000359. The van der Waals surface area contributed by atoms with Gasteiger partial charge in [-0.1, -0.05) is 20.3 Å². The Morgan fingerprint density at radius 3 is 2.89 bits per heavy atom. The Balaban J connectivity index is 1.49. The van der Waals surface area contributed by atoms with Crippen LogP contribution < -0.4 is 5.32 Å². The molecule has 1 unspecified atom stereocenters. The van der Waals surface area contributed by atoms with Crippen molar-refractivity contribution in [1.82, 2.24) is 24.9 Å². The van der Waals surface area contributed by atoms with Crippen molar-refractivity contribution >= 4 is 6.03 Å². The second-order valence-corrected chi connectivity index (χ2v) is 8.38. The first-order chi connectivity index (χ1) is 13.0. The van der Waals surface area contributed by atoms with Gasteiger partial charge in [-0.25, -0.2) is 4.79 Å². The van der Waals surface area contributed by atoms with Crippen LogP contribution in [-0.2, 0) is 26.6 Å². The highest BCUT2D eigenvalue weighted by Gasteiger charge is 2.27. The van der Waals surface area contributed by atoms with Gasteiger partial charge < -0.3 is 20.2 Å². The fourth-order valence-corrected chi connectivity index (χ4v) is 4.52. The normalized spacial score (nSPS) is 20.8. The second-order valence-electron chi connectivity index (χ2n) is 8.38. The number of aliphatic hydroxyl groups is 1. The lowest BCUT2D eigenvalue weighted by atomic mass is 9.98. The lowest BCUT2D eigenvalue weighted by molar-refractivity contribution is 0.124. The van der Waals surface area contributed by atoms with Gasteiger partial charge in [0.1, 0.15) is 0 Å². The first kappa shape index (κ1) is 20.1. The predicted molar refractivity (Wildman–Crippen MR) is 105 cm³/mol. The number of fused-ring (bicyclic) bond motifs is 1. The van der Waals surface area contributed by atoms with Crippen molar-refractivity contribution in [3.8, 4) is 0 Å². The number of aromatic nitrogens is 2. The van der Waals surface area contributed by atoms with Crippen LogP contribution in [-0.4, -0.2) is 62.9 Å². The van der Waals surface area contributed by atoms with Crippen LogP contribution in [0.5, 0.6) is 0 Å². The van der Waals surface area contributed by atoms with E-state index in [1.807, 2.05) is 16.6 Å². The summed E-state index contributed by atoms with van der Waals surface area (Å²) in [5.74, 6) is 0.683. The van der Waals surface area contributed by atoms with E-state index in [2.05, 4.69) is 29.2 Å². The summed E-state index contributed by atoms with van der Waals surface area (Å²) in [6, 6.07) is 0.591. The number of amides is 2. The van der Waals surface area contributed by atoms with Gasteiger partial charge >= 0.3 is 6.03 Å². The molecule has 0 aliphatic carbocycles. The van der Waals surface area contributed by atoms with Crippen LogP contribution in [0.2, 0.25) is 0 Å². The van der Waals surface area contributed by atoms with Crippen molar-refractivity contribution in [3.63, 3.8) is 0 Å². The van der Waals surface area contributed by atoms with Crippen LogP contribution >= 0.6 is 0 Å². The fraction of sp³-hybridized carbons (Fsp3) is 0.800. The van der Waals surface area contributed by atoms with Crippen LogP contribution in [0.15, 0.2) is 0 Å². The van der Waals surface area contributed by atoms with Crippen molar-refractivity contribution in [2.75, 3.05) is 26.2 Å². The van der Waals surface area contributed by atoms with E-state index in [-0.39, 0.29) is 12.6 Å². The number of hydrogen-bond acceptors (Lipinski definition) is 4. The smallest absolute Gasteiger partial charge is 0.317 e. The molecule has 0 saturated carbocycles. The minimum Gasteiger partial charge on any atom is -0.390 e. The second kappa shape index (κ2) is 9.06. The van der Waals surface area contributed by atoms with Crippen molar-refractivity contribution in [2.24, 2.45) is 13.0 Å². The van der Waals surface area contributed by atoms with Crippen LogP contribution in [0.4, 0.5) is 4.79 Å². The van der Waals surface area contributed by atoms with Gasteiger partial charge in [0.05, 0.1) is 18.8 Å². The first-order valence-corrected chi connectivity index (χ1v) is 10.4. The van der Waals surface area contributed by atoms with E-state index in [0.717, 1.165) is 37.2 Å². The summed E-state index contributed by atoms with van der Waals surface area (Å²) in [6.45, 7) is 8.77. The summed E-state index contributed by atoms with van der Waals surface area (Å²) in [4.78, 5) is 17.1. The number of rotatable bonds is 6. The van der Waals surface area contributed by atoms with Gasteiger partial charge in [-0.05, 0) is 31.7 Å². The molecular weight excluding hydrogens is 342 g/mol. The molecule has 3 rings (SSSR count). The highest BCUT2D eigenvalue weighted by Crippen LogP contribution is 2.23. The number of nitrogens with one attached hydrogen (secondary N) is 1. The summed E-state index contributed by atoms with van der Waals surface area (Å²) >= 11 is 0. The van der Waals surface area contributed by atoms with Gasteiger partial charge in [0.15, 0.2) is 0 Å². The molecule has 1 aromatic heterocycles. The zero-order valence-electron chi connectivity index (χ0n) is 17.1. The van der Waals surface area contributed by atoms with Gasteiger partial charge in [0, 0.05) is 50.4 Å². The Morgan fingerprint density at radius 1 is 1.33 bits per heavy atom. The van der Waals surface area contributed by atoms with E-state index in [0.29, 0.717) is 30.7 Å². The zero-order chi connectivity index (χ0) is 19.4. The number of aliphatic hydroxyl groups excluding tert-OH is 1. The Labute approximate surface area is 162 Å². The predicted octanol–water partition coefficient (Wildman–Crippen LogP) is 1.88. The maximum absolute atomic E-state index is 12.6. The molecule has 2 aliphatic rings. The Kier molecular flexibility index (Phi) is 6.76. The number of carbonyl (C=O) groups is 1. The number of aryl methyl sites for hydroxylation is 1. The van der Waals surface area contributed by atoms with Crippen LogP contribution in [0, 0.1) is 5.92 Å². The number of nitrogens with zero attached hydrogens (tertiary/aromatic N) is 4. The topological polar surface area (TPSA) is 73.6 Å². The summed E-state index contributed by atoms with van der Waals surface area (Å²) in [7, 11) is 1.90. The molecule has 1 aromatic rings. The quantitative estimate of drug-likeness (QED) is 0.794. The number of urea groups is 1. The van der Waals surface area contributed by atoms with Gasteiger partial charge in [-0.15, -0.1) is 0 Å². The summed E-state index contributed by atoms with van der Waals surface area (Å²) in [5.41, 5.74) is 2.84. The van der Waals surface area contributed by atoms with E-state index in [9.17, 15) is 9.90 Å². The highest BCUT2D eigenvalue weighted by atomic mass is 16.3. The summed E-state index contributed by atoms with van der Waals surface area (Å²) in [6.07, 6.45) is 5.64. The molecule has 0 bridgehead atoms. The standard InChI is InChI=1S/C20H35N5O2/c1-15(2)12-24-10-5-4-6-16(24)7-9-21-20(27)25-11-8-19-17(13-25)18(14-26)22-23(19)3/h15-16,26H,4-14H2,1-3H3,(H,21,27). The third kappa shape index (κ3) is 4.82. The third-order valence-electron chi connectivity index (χ3n) is 5.87. The third-order valence-corrected chi connectivity index (χ3v) is 5.87. The molecule has 0 spiro atoms. The average molecular weight is 378 g/mol. The molecule has 152 valence electrons. The number of hydrogen-bond donors (Lipinski definition) is 2. The van der Waals surface area contributed by atoms with Crippen molar-refractivity contribution in [3.05, 3.63) is 17.0 Å². The molecule has 7 heteroatoms. The molecule has 1 fully saturated rings. The fourth-order valence-electron chi connectivity index (χ4n) is 4.52. The molecule has 2 N–H and O–H groups in total. The molecular formula is C20H35N5O2. The average Bonchev–Trinajstić information content (AvgIpc) is 2.98. The SMILES string of the molecule is CC(C)CN1CCCCC1CCNC(=O)N1CCc2c(c(CO)nn2C)C1. The van der Waals surface area contributed by atoms with E-state index in [1.165, 1.54) is 25.8 Å². The molecule has 27 heavy (non-hydrogen) atoms. The monoisotopic (exact) mass is 377 g/mol. The summed E-state index contributed by atoms with van der Waals surface area (Å²) < 4.78 is 1.84.